The fraction of sp³-hybridized carbons (Fsp3) is 0.391. The normalized spacial score (nSPS) is 12.6. The van der Waals surface area contributed by atoms with Crippen LogP contribution >= 0.6 is 0 Å². The van der Waals surface area contributed by atoms with Crippen LogP contribution in [-0.2, 0) is 16.1 Å². The highest BCUT2D eigenvalue weighted by Crippen LogP contribution is 2.35. The van der Waals surface area contributed by atoms with Crippen molar-refractivity contribution >= 4 is 17.6 Å². The Bertz CT molecular complexity index is 1020. The van der Waals surface area contributed by atoms with E-state index in [1.807, 2.05) is 24.3 Å². The first-order valence-corrected chi connectivity index (χ1v) is 10.5. The molecular formula is C23H26N2O8. The lowest BCUT2D eigenvalue weighted by Gasteiger charge is -2.22. The highest BCUT2D eigenvalue weighted by Gasteiger charge is 2.33. The van der Waals surface area contributed by atoms with Crippen LogP contribution in [0.2, 0.25) is 0 Å². The zero-order valence-corrected chi connectivity index (χ0v) is 18.7. The van der Waals surface area contributed by atoms with Crippen LogP contribution in [-0.4, -0.2) is 55.2 Å². The van der Waals surface area contributed by atoms with Crippen molar-refractivity contribution in [2.45, 2.75) is 32.4 Å². The number of nitro groups is 1. The summed E-state index contributed by atoms with van der Waals surface area (Å²) in [7, 11) is 2.93. The van der Waals surface area contributed by atoms with E-state index in [2.05, 4.69) is 0 Å². The molecule has 0 saturated heterocycles. The lowest BCUT2D eigenvalue weighted by molar-refractivity contribution is -0.385. The molecule has 2 aromatic rings. The van der Waals surface area contributed by atoms with Crippen molar-refractivity contribution in [3.63, 3.8) is 0 Å². The molecule has 1 saturated carbocycles. The van der Waals surface area contributed by atoms with E-state index in [9.17, 15) is 19.7 Å². The van der Waals surface area contributed by atoms with E-state index in [0.29, 0.717) is 12.3 Å². The maximum atomic E-state index is 12.8. The molecule has 3 rings (SSSR count). The molecule has 10 nitrogen and oxygen atoms in total. The van der Waals surface area contributed by atoms with Crippen molar-refractivity contribution in [2.75, 3.05) is 27.4 Å². The van der Waals surface area contributed by atoms with Gasteiger partial charge in [0.25, 0.3) is 11.6 Å². The highest BCUT2D eigenvalue weighted by molar-refractivity contribution is 5.96. The van der Waals surface area contributed by atoms with Gasteiger partial charge in [-0.25, -0.2) is 4.79 Å². The first kappa shape index (κ1) is 23.8. The average molecular weight is 458 g/mol. The average Bonchev–Trinajstić information content (AvgIpc) is 3.66. The predicted molar refractivity (Wildman–Crippen MR) is 118 cm³/mol. The topological polar surface area (TPSA) is 117 Å². The van der Waals surface area contributed by atoms with Gasteiger partial charge in [0.2, 0.25) is 0 Å². The Labute approximate surface area is 191 Å². The molecule has 1 amide bonds. The van der Waals surface area contributed by atoms with Crippen molar-refractivity contribution < 1.29 is 33.5 Å². The van der Waals surface area contributed by atoms with Crippen LogP contribution in [0.3, 0.4) is 0 Å². The molecule has 33 heavy (non-hydrogen) atoms. The van der Waals surface area contributed by atoms with E-state index in [1.165, 1.54) is 13.2 Å². The Hall–Kier alpha value is -3.82. The van der Waals surface area contributed by atoms with Gasteiger partial charge in [-0.15, -0.1) is 0 Å². The molecule has 2 aromatic carbocycles. The second-order valence-electron chi connectivity index (χ2n) is 7.39. The summed E-state index contributed by atoms with van der Waals surface area (Å²) in [5, 5.41) is 11.5. The van der Waals surface area contributed by atoms with Crippen LogP contribution in [0.25, 0.3) is 0 Å². The van der Waals surface area contributed by atoms with Crippen LogP contribution in [0.4, 0.5) is 5.69 Å². The molecule has 0 N–H and O–H groups in total. The number of hydrogen-bond donors (Lipinski definition) is 0. The van der Waals surface area contributed by atoms with Crippen LogP contribution in [0.5, 0.6) is 17.2 Å². The molecule has 0 bridgehead atoms. The molecule has 176 valence electrons. The monoisotopic (exact) mass is 458 g/mol. The third-order valence-electron chi connectivity index (χ3n) is 5.15. The molecule has 0 aliphatic heterocycles. The summed E-state index contributed by atoms with van der Waals surface area (Å²) in [5.74, 6) is -0.360. The van der Waals surface area contributed by atoms with Crippen molar-refractivity contribution in [3.05, 3.63) is 57.6 Å². The van der Waals surface area contributed by atoms with E-state index in [1.54, 1.807) is 18.9 Å². The number of nitrogens with zero attached hydrogens (tertiary/aromatic N) is 2. The summed E-state index contributed by atoms with van der Waals surface area (Å²) in [6, 6.07) is 9.73. The number of carbonyl (C=O) groups excluding carboxylic acids is 2. The van der Waals surface area contributed by atoms with E-state index in [0.717, 1.165) is 24.5 Å². The quantitative estimate of drug-likeness (QED) is 0.286. The van der Waals surface area contributed by atoms with Crippen LogP contribution in [0, 0.1) is 10.1 Å². The van der Waals surface area contributed by atoms with E-state index in [4.69, 9.17) is 18.9 Å². The van der Waals surface area contributed by atoms with Gasteiger partial charge in [0, 0.05) is 18.7 Å². The number of hydrogen-bond acceptors (Lipinski definition) is 8. The number of esters is 1. The molecule has 0 unspecified atom stereocenters. The van der Waals surface area contributed by atoms with Gasteiger partial charge < -0.3 is 23.8 Å². The number of rotatable bonds is 11. The number of amides is 1. The minimum atomic E-state index is -0.989. The van der Waals surface area contributed by atoms with E-state index >= 15 is 0 Å². The first-order valence-electron chi connectivity index (χ1n) is 10.5. The van der Waals surface area contributed by atoms with Gasteiger partial charge >= 0.3 is 5.97 Å². The molecule has 0 spiro atoms. The second kappa shape index (κ2) is 10.7. The zero-order chi connectivity index (χ0) is 24.0. The van der Waals surface area contributed by atoms with E-state index < -0.39 is 23.2 Å². The number of ether oxygens (including phenoxy) is 4. The molecule has 1 fully saturated rings. The van der Waals surface area contributed by atoms with Crippen molar-refractivity contribution in [1.82, 2.24) is 4.90 Å². The van der Waals surface area contributed by atoms with Crippen molar-refractivity contribution in [1.29, 1.82) is 0 Å². The molecule has 10 heteroatoms. The van der Waals surface area contributed by atoms with Gasteiger partial charge in [-0.3, -0.25) is 14.9 Å². The minimum Gasteiger partial charge on any atom is -0.497 e. The summed E-state index contributed by atoms with van der Waals surface area (Å²) in [5.41, 5.74) is 0.101. The maximum Gasteiger partial charge on any atom is 0.345 e. The Balaban J connectivity index is 1.71. The van der Waals surface area contributed by atoms with Crippen LogP contribution in [0.15, 0.2) is 36.4 Å². The smallest absolute Gasteiger partial charge is 0.345 e. The lowest BCUT2D eigenvalue weighted by atomic mass is 10.1. The number of methoxy groups -OCH3 is 2. The van der Waals surface area contributed by atoms with Crippen molar-refractivity contribution in [3.8, 4) is 17.2 Å². The van der Waals surface area contributed by atoms with Crippen molar-refractivity contribution in [2.24, 2.45) is 0 Å². The summed E-state index contributed by atoms with van der Waals surface area (Å²) in [4.78, 5) is 37.9. The van der Waals surface area contributed by atoms with Crippen LogP contribution in [0.1, 0.15) is 35.7 Å². The predicted octanol–water partition coefficient (Wildman–Crippen LogP) is 3.36. The number of benzene rings is 2. The Morgan fingerprint density at radius 3 is 2.33 bits per heavy atom. The SMILES string of the molecule is CCOc1cc([N+](=O)[O-])c(C(=O)OCC(=O)N(Cc2ccc(OC)cc2)C2CC2)cc1OC. The molecule has 0 atom stereocenters. The molecular weight excluding hydrogens is 432 g/mol. The summed E-state index contributed by atoms with van der Waals surface area (Å²) < 4.78 is 20.8. The standard InChI is InChI=1S/C23H26N2O8/c1-4-32-21-12-19(25(28)29)18(11-20(21)31-3)23(27)33-14-22(26)24(16-7-8-16)13-15-5-9-17(30-2)10-6-15/h5-6,9-12,16H,4,7-8,13-14H2,1-3H3. The fourth-order valence-electron chi connectivity index (χ4n) is 3.31. The molecule has 0 aromatic heterocycles. The zero-order valence-electron chi connectivity index (χ0n) is 18.7. The third kappa shape index (κ3) is 5.91. The fourth-order valence-corrected chi connectivity index (χ4v) is 3.31. The minimum absolute atomic E-state index is 0.0817. The van der Waals surface area contributed by atoms with Gasteiger partial charge in [0.15, 0.2) is 18.1 Å². The number of carbonyl (C=O) groups is 2. The summed E-state index contributed by atoms with van der Waals surface area (Å²) in [6.45, 7) is 1.81. The summed E-state index contributed by atoms with van der Waals surface area (Å²) in [6.07, 6.45) is 1.74. The van der Waals surface area contributed by atoms with Gasteiger partial charge in [-0.1, -0.05) is 12.1 Å². The maximum absolute atomic E-state index is 12.8. The van der Waals surface area contributed by atoms with E-state index in [-0.39, 0.29) is 35.6 Å². The highest BCUT2D eigenvalue weighted by atomic mass is 16.6. The largest absolute Gasteiger partial charge is 0.497 e. The molecule has 1 aliphatic rings. The molecule has 1 aliphatic carbocycles. The van der Waals surface area contributed by atoms with Gasteiger partial charge in [0.1, 0.15) is 11.3 Å². The van der Waals surface area contributed by atoms with Crippen LogP contribution < -0.4 is 14.2 Å². The first-order chi connectivity index (χ1) is 15.9. The molecule has 0 radical (unpaired) electrons. The van der Waals surface area contributed by atoms with Gasteiger partial charge in [-0.2, -0.15) is 0 Å². The molecule has 0 heterocycles. The second-order valence-corrected chi connectivity index (χ2v) is 7.39. The Kier molecular flexibility index (Phi) is 7.70. The Morgan fingerprint density at radius 1 is 1.09 bits per heavy atom. The third-order valence-corrected chi connectivity index (χ3v) is 5.15. The van der Waals surface area contributed by atoms with Gasteiger partial charge in [-0.05, 0) is 37.5 Å². The summed E-state index contributed by atoms with van der Waals surface area (Å²) >= 11 is 0. The lowest BCUT2D eigenvalue weighted by Crippen LogP contribution is -2.36. The number of nitro benzene ring substituents is 1. The Morgan fingerprint density at radius 2 is 1.79 bits per heavy atom. The van der Waals surface area contributed by atoms with Gasteiger partial charge in [0.05, 0.1) is 31.8 Å².